The number of hydrazone groups is 1. The van der Waals surface area contributed by atoms with Crippen LogP contribution in [-0.4, -0.2) is 12.1 Å². The Bertz CT molecular complexity index is 586. The molecule has 20 heavy (non-hydrogen) atoms. The van der Waals surface area contributed by atoms with E-state index in [1.54, 1.807) is 6.07 Å². The topological polar surface area (TPSA) is 54.6 Å². The Labute approximate surface area is 126 Å². The van der Waals surface area contributed by atoms with Crippen LogP contribution in [0.25, 0.3) is 0 Å². The summed E-state index contributed by atoms with van der Waals surface area (Å²) in [5, 5.41) is 3.87. The number of hydrogen-bond donors (Lipinski definition) is 1. The Kier molecular flexibility index (Phi) is 5.12. The molecular formula is C15H15BrN2O2. The molecule has 0 saturated heterocycles. The number of halogens is 1. The van der Waals surface area contributed by atoms with Gasteiger partial charge in [-0.15, -0.1) is 0 Å². The molecule has 2 rings (SSSR count). The van der Waals surface area contributed by atoms with Gasteiger partial charge in [0.15, 0.2) is 0 Å². The van der Waals surface area contributed by atoms with Gasteiger partial charge in [0.1, 0.15) is 11.5 Å². The fourth-order valence-corrected chi connectivity index (χ4v) is 1.98. The summed E-state index contributed by atoms with van der Waals surface area (Å²) in [6.45, 7) is 1.85. The van der Waals surface area contributed by atoms with Gasteiger partial charge in [-0.05, 0) is 34.8 Å². The second kappa shape index (κ2) is 7.05. The predicted molar refractivity (Wildman–Crippen MR) is 81.6 cm³/mol. The van der Waals surface area contributed by atoms with Gasteiger partial charge in [-0.3, -0.25) is 4.79 Å². The molecule has 0 aliphatic carbocycles. The lowest BCUT2D eigenvalue weighted by Crippen LogP contribution is -2.17. The van der Waals surface area contributed by atoms with Crippen molar-refractivity contribution < 1.29 is 9.21 Å². The highest BCUT2D eigenvalue weighted by molar-refractivity contribution is 9.10. The van der Waals surface area contributed by atoms with Crippen molar-refractivity contribution in [3.63, 3.8) is 0 Å². The van der Waals surface area contributed by atoms with Crippen LogP contribution in [0.4, 0.5) is 0 Å². The van der Waals surface area contributed by atoms with E-state index in [4.69, 9.17) is 4.42 Å². The summed E-state index contributed by atoms with van der Waals surface area (Å²) in [5.41, 5.74) is 3.62. The number of carbonyl (C=O) groups is 1. The Balaban J connectivity index is 1.77. The van der Waals surface area contributed by atoms with Crippen molar-refractivity contribution in [3.05, 3.63) is 58.0 Å². The number of nitrogens with one attached hydrogen (secondary N) is 1. The first-order valence-electron chi connectivity index (χ1n) is 6.27. The molecule has 0 bridgehead atoms. The summed E-state index contributed by atoms with van der Waals surface area (Å²) in [4.78, 5) is 11.6. The maximum atomic E-state index is 11.6. The van der Waals surface area contributed by atoms with Gasteiger partial charge in [-0.25, -0.2) is 5.43 Å². The highest BCUT2D eigenvalue weighted by atomic mass is 79.9. The molecule has 1 amide bonds. The van der Waals surface area contributed by atoms with Crippen molar-refractivity contribution in [1.82, 2.24) is 5.43 Å². The zero-order valence-corrected chi connectivity index (χ0v) is 12.7. The van der Waals surface area contributed by atoms with Crippen molar-refractivity contribution in [2.24, 2.45) is 5.10 Å². The number of carbonyl (C=O) groups excluding carboxylic acids is 1. The van der Waals surface area contributed by atoms with E-state index in [2.05, 4.69) is 26.5 Å². The van der Waals surface area contributed by atoms with Gasteiger partial charge in [0, 0.05) is 12.5 Å². The van der Waals surface area contributed by atoms with Gasteiger partial charge in [0.05, 0.1) is 10.7 Å². The van der Waals surface area contributed by atoms with Crippen LogP contribution in [0.15, 0.2) is 50.4 Å². The van der Waals surface area contributed by atoms with Gasteiger partial charge in [-0.2, -0.15) is 5.10 Å². The molecule has 0 unspecified atom stereocenters. The van der Waals surface area contributed by atoms with Crippen LogP contribution in [0.2, 0.25) is 0 Å². The van der Waals surface area contributed by atoms with E-state index in [-0.39, 0.29) is 5.91 Å². The average Bonchev–Trinajstić information content (AvgIpc) is 2.76. The molecule has 1 aromatic carbocycles. The van der Waals surface area contributed by atoms with E-state index in [0.29, 0.717) is 18.6 Å². The standard InChI is InChI=1S/C15H15BrN2O2/c1-11-14(16)9-13(20-11)10-17-18-15(19)8-7-12-5-3-2-4-6-12/h2-6,9-10H,7-8H2,1H3,(H,18,19)/b17-10-. The smallest absolute Gasteiger partial charge is 0.240 e. The Morgan fingerprint density at radius 2 is 2.15 bits per heavy atom. The van der Waals surface area contributed by atoms with E-state index in [0.717, 1.165) is 15.8 Å². The lowest BCUT2D eigenvalue weighted by molar-refractivity contribution is -0.121. The number of hydrogen-bond acceptors (Lipinski definition) is 3. The first-order valence-corrected chi connectivity index (χ1v) is 7.06. The fourth-order valence-electron chi connectivity index (χ4n) is 1.67. The van der Waals surface area contributed by atoms with Crippen LogP contribution in [0.3, 0.4) is 0 Å². The molecule has 5 heteroatoms. The van der Waals surface area contributed by atoms with Crippen molar-refractivity contribution >= 4 is 28.1 Å². The molecular weight excluding hydrogens is 320 g/mol. The number of amides is 1. The van der Waals surface area contributed by atoms with Crippen LogP contribution in [0.1, 0.15) is 23.5 Å². The molecule has 0 aliphatic rings. The summed E-state index contributed by atoms with van der Waals surface area (Å²) in [7, 11) is 0. The summed E-state index contributed by atoms with van der Waals surface area (Å²) in [6, 6.07) is 11.7. The van der Waals surface area contributed by atoms with Crippen molar-refractivity contribution in [1.29, 1.82) is 0 Å². The Hall–Kier alpha value is -1.88. The van der Waals surface area contributed by atoms with E-state index >= 15 is 0 Å². The number of benzene rings is 1. The van der Waals surface area contributed by atoms with Gasteiger partial charge in [-0.1, -0.05) is 30.3 Å². The van der Waals surface area contributed by atoms with E-state index in [1.807, 2.05) is 37.3 Å². The number of nitrogens with zero attached hydrogens (tertiary/aromatic N) is 1. The molecule has 1 heterocycles. The molecule has 0 fully saturated rings. The third-order valence-corrected chi connectivity index (χ3v) is 3.53. The second-order valence-corrected chi connectivity index (χ2v) is 5.19. The highest BCUT2D eigenvalue weighted by Crippen LogP contribution is 2.18. The zero-order valence-electron chi connectivity index (χ0n) is 11.1. The predicted octanol–water partition coefficient (Wildman–Crippen LogP) is 3.43. The van der Waals surface area contributed by atoms with E-state index in [9.17, 15) is 4.79 Å². The minimum atomic E-state index is -0.118. The molecule has 2 aromatic rings. The van der Waals surface area contributed by atoms with Crippen LogP contribution >= 0.6 is 15.9 Å². The molecule has 1 aromatic heterocycles. The molecule has 0 aliphatic heterocycles. The third-order valence-electron chi connectivity index (χ3n) is 2.74. The highest BCUT2D eigenvalue weighted by Gasteiger charge is 2.03. The number of furan rings is 1. The Morgan fingerprint density at radius 1 is 1.40 bits per heavy atom. The first-order chi connectivity index (χ1) is 9.65. The molecule has 0 atom stereocenters. The van der Waals surface area contributed by atoms with Gasteiger partial charge in [0.25, 0.3) is 0 Å². The van der Waals surface area contributed by atoms with Crippen LogP contribution in [-0.2, 0) is 11.2 Å². The van der Waals surface area contributed by atoms with Gasteiger partial charge in [0.2, 0.25) is 5.91 Å². The average molecular weight is 335 g/mol. The maximum absolute atomic E-state index is 11.6. The fraction of sp³-hybridized carbons (Fsp3) is 0.200. The molecule has 104 valence electrons. The SMILES string of the molecule is Cc1oc(/C=N\NC(=O)CCc2ccccc2)cc1Br. The number of aryl methyl sites for hydroxylation is 2. The molecule has 4 nitrogen and oxygen atoms in total. The third kappa shape index (κ3) is 4.35. The van der Waals surface area contributed by atoms with E-state index in [1.165, 1.54) is 6.21 Å². The zero-order chi connectivity index (χ0) is 14.4. The minimum Gasteiger partial charge on any atom is -0.459 e. The lowest BCUT2D eigenvalue weighted by atomic mass is 10.1. The minimum absolute atomic E-state index is 0.118. The van der Waals surface area contributed by atoms with Crippen LogP contribution in [0, 0.1) is 6.92 Å². The first kappa shape index (κ1) is 14.5. The quantitative estimate of drug-likeness (QED) is 0.672. The van der Waals surface area contributed by atoms with Crippen molar-refractivity contribution in [3.8, 4) is 0 Å². The normalized spacial score (nSPS) is 10.9. The molecule has 0 spiro atoms. The van der Waals surface area contributed by atoms with Gasteiger partial charge >= 0.3 is 0 Å². The van der Waals surface area contributed by atoms with Crippen LogP contribution < -0.4 is 5.43 Å². The number of rotatable bonds is 5. The molecule has 0 saturated carbocycles. The van der Waals surface area contributed by atoms with Crippen LogP contribution in [0.5, 0.6) is 0 Å². The Morgan fingerprint density at radius 3 is 2.80 bits per heavy atom. The van der Waals surface area contributed by atoms with Crippen molar-refractivity contribution in [2.45, 2.75) is 19.8 Å². The maximum Gasteiger partial charge on any atom is 0.240 e. The summed E-state index contributed by atoms with van der Waals surface area (Å²) >= 11 is 3.34. The lowest BCUT2D eigenvalue weighted by Gasteiger charge is -2.00. The van der Waals surface area contributed by atoms with Gasteiger partial charge < -0.3 is 4.42 Å². The second-order valence-electron chi connectivity index (χ2n) is 4.33. The summed E-state index contributed by atoms with van der Waals surface area (Å²) < 4.78 is 6.26. The summed E-state index contributed by atoms with van der Waals surface area (Å²) in [5.74, 6) is 1.26. The monoisotopic (exact) mass is 334 g/mol. The molecule has 0 radical (unpaired) electrons. The largest absolute Gasteiger partial charge is 0.459 e. The summed E-state index contributed by atoms with van der Waals surface area (Å²) in [6.07, 6.45) is 2.59. The molecule has 1 N–H and O–H groups in total. The van der Waals surface area contributed by atoms with E-state index < -0.39 is 0 Å². The van der Waals surface area contributed by atoms with Crippen molar-refractivity contribution in [2.75, 3.05) is 0 Å².